The summed E-state index contributed by atoms with van der Waals surface area (Å²) in [7, 11) is 2.15. The number of phenols is 1. The smallest absolute Gasteiger partial charge is 0.419 e. The van der Waals surface area contributed by atoms with Crippen LogP contribution in [0.25, 0.3) is 0 Å². The Kier molecular flexibility index (Phi) is 46.0. The normalized spacial score (nSPS) is 21.9. The molecule has 17 nitrogen and oxygen atoms in total. The number of carbonyl (C=O) groups excluding carboxylic acids is 2. The van der Waals surface area contributed by atoms with Gasteiger partial charge in [0, 0.05) is 97.2 Å². The van der Waals surface area contributed by atoms with E-state index in [-0.39, 0.29) is 103 Å². The first-order chi connectivity index (χ1) is 64.7. The summed E-state index contributed by atoms with van der Waals surface area (Å²) in [6, 6.07) is 25.5. The standard InChI is InChI=1S/C24H27F4NO2.C20H25ClF3NO4.C18H24F3NO2.C17H22F3NO2.C7H3BrF4.C7H4F4O.C3H4Cl2O2.2CH4.FH.H2/c1-3-10-30-23-11-16(24(26,27)28)5-9-22(23)31-20-12-17-7-8-18(13-20)29(17)19-6-4-15(2)21(25)14-19;1-3-8-27-18-9-13(20(22,23)24)4-7-17(18)29-16-10-14-5-6-15(11-16)25(14)19(26)28-12(2)21;1-3-8-23-17-9-12(18(19,20)21)4-7-16(17)24-15-10-13-5-6-14(11-15)22(13)2;1-2-7-22-16-8-11(17(18,19)20)3-6-15(16)23-14-9-12-4-5-13(10-14)21-12;8-4-1-2-5(6(9)3-4)7(10,11)12;8-5-2-1-4(3-6(5)12)7(9,10)11;1-2(4)7-3(5)6;;;;/h4-6,9,11,14,17-18,20H,3,7-8,10,12-13H2,1-2H3;4,7,9,12,14-16H,3,5-6,8,10-11H2,1-2H3;4,7,9,13-15H,3,5-6,8,10-11H2,1-2H3;3,6,8,12-14,21H,2,4-5,7,9-10H2,1H3;1-3H;1-3,12H;2H,1H3;2*1H4;2*1H/t17-,18+,20?;12?,14-,15+,16?;13-,14+,15?;12-,13+,14?;;;;;;;/i;;;;;;;;;;1+1. The molecule has 0 aromatic heterocycles. The van der Waals surface area contributed by atoms with Gasteiger partial charge in [-0.2, -0.15) is 79.0 Å². The van der Waals surface area contributed by atoms with Gasteiger partial charge in [0.05, 0.1) is 59.8 Å². The topological polar surface area (TPSA) is 168 Å². The van der Waals surface area contributed by atoms with Gasteiger partial charge in [0.1, 0.15) is 36.1 Å². The number of aryl methyl sites for hydroxylation is 1. The zero-order chi connectivity index (χ0) is 102. The van der Waals surface area contributed by atoms with Crippen molar-refractivity contribution in [1.29, 1.82) is 0 Å². The number of nitrogens with zero attached hydrogens (tertiary/aromatic N) is 3. The Bertz CT molecular complexity index is 5040. The van der Waals surface area contributed by atoms with E-state index in [0.717, 1.165) is 156 Å². The Morgan fingerprint density at radius 3 is 1.06 bits per heavy atom. The van der Waals surface area contributed by atoms with Crippen molar-refractivity contribution in [3.63, 3.8) is 0 Å². The lowest BCUT2D eigenvalue weighted by Gasteiger charge is -2.40. The van der Waals surface area contributed by atoms with Gasteiger partial charge >= 0.3 is 48.6 Å². The SMILES string of the molecule is C.C.CC(Cl)OC(=O)Cl.CCCOc1cc(C(F)(F)F)ccc1OC1C[C@H]2CC[C@@H](C1)N2.CCCOc1cc(C(F)(F)F)ccc1OC1C[C@H]2CC[C@@H](C1)N2C.CCCOc1cc(C(F)(F)F)ccc1OC1C[C@H]2CC[C@@H](C1)N2C(=O)OC(C)Cl.CCCOc1cc(C(F)(F)F)ccc1OC1C[C@H]2CC[C@@H](C1)N2c1ccc(C)c(F)c1.F.Fc1cc(Br)ccc1C(F)(F)F.Oc1cc(C(F)(F)F)ccc1F.[2HH]. The molecule has 6 unspecified atom stereocenters. The molecule has 141 heavy (non-hydrogen) atoms. The number of anilines is 1. The highest BCUT2D eigenvalue weighted by atomic mass is 79.9. The van der Waals surface area contributed by atoms with Crippen LogP contribution >= 0.6 is 50.7 Å². The Balaban J connectivity index is 0.000000302. The van der Waals surface area contributed by atoms with Crippen LogP contribution in [0.2, 0.25) is 0 Å². The molecule has 14 atom stereocenters. The van der Waals surface area contributed by atoms with E-state index in [9.17, 15) is 102 Å². The van der Waals surface area contributed by atoms with E-state index in [0.29, 0.717) is 129 Å². The zero-order valence-electron chi connectivity index (χ0n) is 76.7. The van der Waals surface area contributed by atoms with Crippen LogP contribution in [-0.4, -0.2) is 144 Å². The van der Waals surface area contributed by atoms with Crippen molar-refractivity contribution in [2.45, 2.75) is 313 Å². The molecule has 8 aliphatic rings. The van der Waals surface area contributed by atoms with Gasteiger partial charge in [0.25, 0.3) is 0 Å². The van der Waals surface area contributed by atoms with Crippen LogP contribution in [0.1, 0.15) is 225 Å². The number of ether oxygens (including phenoxy) is 10. The summed E-state index contributed by atoms with van der Waals surface area (Å²) in [6.07, 6.45) is -10.1. The van der Waals surface area contributed by atoms with Crippen molar-refractivity contribution in [2.75, 3.05) is 38.4 Å². The molecule has 0 saturated carbocycles. The van der Waals surface area contributed by atoms with Gasteiger partial charge in [-0.3, -0.25) is 4.70 Å². The molecule has 8 saturated heterocycles. The maximum atomic E-state index is 14.1. The lowest BCUT2D eigenvalue weighted by atomic mass is 9.98. The van der Waals surface area contributed by atoms with E-state index in [4.69, 9.17) is 82.5 Å². The van der Waals surface area contributed by atoms with Crippen molar-refractivity contribution in [3.8, 4) is 51.7 Å². The maximum absolute atomic E-state index is 14.1. The number of hydrogen-bond donors (Lipinski definition) is 2. The zero-order valence-corrected chi connectivity index (χ0v) is 80.6. The van der Waals surface area contributed by atoms with Crippen LogP contribution in [0.5, 0.6) is 51.7 Å². The average molecular weight is 2170 g/mol. The van der Waals surface area contributed by atoms with E-state index in [1.54, 1.807) is 30.9 Å². The number of alkyl halides is 20. The number of benzene rings is 7. The van der Waals surface area contributed by atoms with Crippen molar-refractivity contribution >= 4 is 67.9 Å². The van der Waals surface area contributed by atoms with E-state index in [1.165, 1.54) is 44.0 Å². The average Bonchev–Trinajstić information content (AvgIpc) is 1.61. The summed E-state index contributed by atoms with van der Waals surface area (Å²) in [5.41, 5.74) is -5.95. The van der Waals surface area contributed by atoms with Crippen LogP contribution in [0.3, 0.4) is 0 Å². The molecule has 792 valence electrons. The second-order valence-electron chi connectivity index (χ2n) is 34.2. The Labute approximate surface area is 830 Å². The second-order valence-corrected chi connectivity index (χ2v) is 36.6. The minimum Gasteiger partial charge on any atom is -0.505 e. The van der Waals surface area contributed by atoms with E-state index in [2.05, 4.69) is 42.8 Å². The van der Waals surface area contributed by atoms with Crippen molar-refractivity contribution < 1.29 is 160 Å². The highest BCUT2D eigenvalue weighted by Crippen LogP contribution is 2.49. The monoisotopic (exact) mass is 2160 g/mol. The van der Waals surface area contributed by atoms with Gasteiger partial charge in [-0.1, -0.05) is 87.7 Å². The molecule has 0 aliphatic carbocycles. The third-order valence-electron chi connectivity index (χ3n) is 23.7. The summed E-state index contributed by atoms with van der Waals surface area (Å²) < 4.78 is 322. The second kappa shape index (κ2) is 53.7. The van der Waals surface area contributed by atoms with Crippen molar-refractivity contribution in [3.05, 3.63) is 188 Å². The highest BCUT2D eigenvalue weighted by molar-refractivity contribution is 9.10. The number of hydrogen-bond acceptors (Lipinski definition) is 16. The fourth-order valence-corrected chi connectivity index (χ4v) is 18.0. The molecule has 43 heteroatoms. The summed E-state index contributed by atoms with van der Waals surface area (Å²) >= 11 is 18.5. The number of piperidine rings is 4. The van der Waals surface area contributed by atoms with Crippen molar-refractivity contribution in [2.24, 2.45) is 0 Å². The van der Waals surface area contributed by atoms with E-state index in [1.807, 2.05) is 33.8 Å². The summed E-state index contributed by atoms with van der Waals surface area (Å²) in [6.45, 7) is 13.8. The molecule has 2 N–H and O–H groups in total. The predicted molar refractivity (Wildman–Crippen MR) is 497 cm³/mol. The van der Waals surface area contributed by atoms with E-state index >= 15 is 0 Å². The number of rotatable bonds is 23. The maximum Gasteiger partial charge on any atom is 0.419 e. The van der Waals surface area contributed by atoms with Gasteiger partial charge < -0.3 is 72.5 Å². The van der Waals surface area contributed by atoms with Gasteiger partial charge in [0.15, 0.2) is 68.7 Å². The molecule has 7 aromatic rings. The quantitative estimate of drug-likeness (QED) is 0.0352. The van der Waals surface area contributed by atoms with E-state index < -0.39 is 110 Å². The summed E-state index contributed by atoms with van der Waals surface area (Å²) in [4.78, 5) is 28.4. The van der Waals surface area contributed by atoms with Gasteiger partial charge in [-0.05, 0) is 257 Å². The first-order valence-electron chi connectivity index (χ1n) is 45.0. The molecular weight excluding hydrogens is 2050 g/mol. The largest absolute Gasteiger partial charge is 0.505 e. The number of halogens is 26. The lowest BCUT2D eigenvalue weighted by Crippen LogP contribution is -2.49. The molecule has 8 heterocycles. The molecular formula is C98H120BrCl3F22N4O13. The van der Waals surface area contributed by atoms with Crippen LogP contribution in [0, 0.1) is 24.4 Å². The van der Waals surface area contributed by atoms with Crippen LogP contribution in [0.15, 0.2) is 132 Å². The molecule has 1 amide bonds. The number of aromatic hydroxyl groups is 1. The van der Waals surface area contributed by atoms with Gasteiger partial charge in [-0.15, -0.1) is 0 Å². The molecule has 7 aromatic carbocycles. The Morgan fingerprint density at radius 2 is 0.745 bits per heavy atom. The van der Waals surface area contributed by atoms with Gasteiger partial charge in [-0.25, -0.2) is 22.8 Å². The number of fused-ring (bicyclic) bond motifs is 8. The van der Waals surface area contributed by atoms with Crippen LogP contribution in [0.4, 0.5) is 112 Å². The van der Waals surface area contributed by atoms with Crippen LogP contribution in [-0.2, 0) is 46.5 Å². The third-order valence-corrected chi connectivity index (χ3v) is 24.4. The third kappa shape index (κ3) is 36.0. The Morgan fingerprint density at radius 1 is 0.418 bits per heavy atom. The molecule has 0 spiro atoms. The Hall–Kier alpha value is -8.99. The number of carbonyl (C=O) groups is 2. The number of nitrogens with one attached hydrogen (secondary N) is 1. The molecule has 8 bridgehead atoms. The highest BCUT2D eigenvalue weighted by Gasteiger charge is 2.48. The lowest BCUT2D eigenvalue weighted by molar-refractivity contribution is -0.140. The number of amides is 1. The van der Waals surface area contributed by atoms with Crippen molar-refractivity contribution in [1.82, 2.24) is 15.1 Å². The molecule has 15 rings (SSSR count). The number of phenolic OH excluding ortho intramolecular Hbond substituents is 1. The predicted octanol–water partition coefficient (Wildman–Crippen LogP) is 30.5. The fourth-order valence-electron chi connectivity index (χ4n) is 17.3. The van der Waals surface area contributed by atoms with Crippen LogP contribution < -0.4 is 48.1 Å². The summed E-state index contributed by atoms with van der Waals surface area (Å²) in [5, 5.41) is 12.1. The fraction of sp³-hybridized carbons (Fsp3) is 0.551. The molecule has 0 radical (unpaired) electrons. The summed E-state index contributed by atoms with van der Waals surface area (Å²) in [5.74, 6) is -1.46. The first-order valence-corrected chi connectivity index (χ1v) is 47.0. The minimum atomic E-state index is -4.62. The van der Waals surface area contributed by atoms with Gasteiger partial charge in [0.2, 0.25) is 0 Å². The first kappa shape index (κ1) is 121. The molecule has 8 fully saturated rings. The minimum absolute atomic E-state index is 0. The molecule has 8 aliphatic heterocycles.